The standard InChI is InChI=1S/C15H19N3O/c1-10-8-12(3)13(9-11(10)2)15(19)18-5-4-14-16-6-7-17-14/h6-9H,4-5H2,1-3H3,(H,16,17)(H,18,19). The van der Waals surface area contributed by atoms with Gasteiger partial charge in [-0.3, -0.25) is 4.79 Å². The van der Waals surface area contributed by atoms with E-state index in [0.717, 1.165) is 22.5 Å². The lowest BCUT2D eigenvalue weighted by Gasteiger charge is -2.10. The van der Waals surface area contributed by atoms with Crippen molar-refractivity contribution in [1.82, 2.24) is 15.3 Å². The summed E-state index contributed by atoms with van der Waals surface area (Å²) in [7, 11) is 0. The van der Waals surface area contributed by atoms with Crippen LogP contribution in [-0.4, -0.2) is 22.4 Å². The second kappa shape index (κ2) is 5.69. The topological polar surface area (TPSA) is 57.8 Å². The largest absolute Gasteiger partial charge is 0.352 e. The second-order valence-electron chi connectivity index (χ2n) is 4.79. The predicted octanol–water partition coefficient (Wildman–Crippen LogP) is 2.31. The van der Waals surface area contributed by atoms with Crippen LogP contribution >= 0.6 is 0 Å². The van der Waals surface area contributed by atoms with Crippen molar-refractivity contribution in [2.24, 2.45) is 0 Å². The Labute approximate surface area is 113 Å². The highest BCUT2D eigenvalue weighted by Crippen LogP contribution is 2.15. The fourth-order valence-electron chi connectivity index (χ4n) is 2.03. The van der Waals surface area contributed by atoms with Gasteiger partial charge in [-0.05, 0) is 43.5 Å². The van der Waals surface area contributed by atoms with Crippen LogP contribution in [0.1, 0.15) is 32.9 Å². The summed E-state index contributed by atoms with van der Waals surface area (Å²) in [5, 5.41) is 2.93. The minimum Gasteiger partial charge on any atom is -0.352 e. The molecule has 1 aromatic heterocycles. The van der Waals surface area contributed by atoms with E-state index >= 15 is 0 Å². The Kier molecular flexibility index (Phi) is 4.00. The number of H-pyrrole nitrogens is 1. The summed E-state index contributed by atoms with van der Waals surface area (Å²) < 4.78 is 0. The molecular weight excluding hydrogens is 238 g/mol. The number of carbonyl (C=O) groups is 1. The smallest absolute Gasteiger partial charge is 0.251 e. The molecule has 0 spiro atoms. The predicted molar refractivity (Wildman–Crippen MR) is 75.3 cm³/mol. The number of hydrogen-bond donors (Lipinski definition) is 2. The van der Waals surface area contributed by atoms with Crippen LogP contribution in [0, 0.1) is 20.8 Å². The average molecular weight is 257 g/mol. The van der Waals surface area contributed by atoms with Crippen molar-refractivity contribution in [3.63, 3.8) is 0 Å². The molecule has 0 radical (unpaired) electrons. The first-order valence-corrected chi connectivity index (χ1v) is 6.42. The van der Waals surface area contributed by atoms with Gasteiger partial charge in [0.2, 0.25) is 0 Å². The fraction of sp³-hybridized carbons (Fsp3) is 0.333. The molecule has 2 aromatic rings. The van der Waals surface area contributed by atoms with Crippen LogP contribution in [0.15, 0.2) is 24.5 Å². The van der Waals surface area contributed by atoms with Crippen molar-refractivity contribution < 1.29 is 4.79 Å². The minimum atomic E-state index is -0.0212. The highest BCUT2D eigenvalue weighted by atomic mass is 16.1. The van der Waals surface area contributed by atoms with Gasteiger partial charge in [0.15, 0.2) is 0 Å². The van der Waals surface area contributed by atoms with E-state index in [-0.39, 0.29) is 5.91 Å². The normalized spacial score (nSPS) is 10.5. The van der Waals surface area contributed by atoms with E-state index in [1.807, 2.05) is 19.9 Å². The van der Waals surface area contributed by atoms with Crippen molar-refractivity contribution in [2.45, 2.75) is 27.2 Å². The Bertz CT molecular complexity index is 573. The third-order valence-electron chi connectivity index (χ3n) is 3.29. The Balaban J connectivity index is 1.98. The summed E-state index contributed by atoms with van der Waals surface area (Å²) in [6.45, 7) is 6.63. The number of amides is 1. The minimum absolute atomic E-state index is 0.0212. The number of aryl methyl sites for hydroxylation is 3. The van der Waals surface area contributed by atoms with Gasteiger partial charge in [-0.25, -0.2) is 4.98 Å². The van der Waals surface area contributed by atoms with E-state index in [2.05, 4.69) is 28.3 Å². The monoisotopic (exact) mass is 257 g/mol. The van der Waals surface area contributed by atoms with Crippen molar-refractivity contribution in [3.8, 4) is 0 Å². The van der Waals surface area contributed by atoms with E-state index in [4.69, 9.17) is 0 Å². The van der Waals surface area contributed by atoms with Crippen LogP contribution in [-0.2, 0) is 6.42 Å². The molecule has 1 heterocycles. The number of nitrogens with one attached hydrogen (secondary N) is 2. The molecule has 4 heteroatoms. The molecule has 19 heavy (non-hydrogen) atoms. The zero-order valence-corrected chi connectivity index (χ0v) is 11.6. The molecule has 1 aromatic carbocycles. The van der Waals surface area contributed by atoms with Gasteiger partial charge in [-0.1, -0.05) is 6.07 Å². The van der Waals surface area contributed by atoms with Gasteiger partial charge in [0.1, 0.15) is 5.82 Å². The average Bonchev–Trinajstić information content (AvgIpc) is 2.86. The summed E-state index contributed by atoms with van der Waals surface area (Å²) in [5.41, 5.74) is 4.12. The molecule has 0 atom stereocenters. The van der Waals surface area contributed by atoms with E-state index in [1.54, 1.807) is 12.4 Å². The third-order valence-corrected chi connectivity index (χ3v) is 3.29. The number of imidazole rings is 1. The number of nitrogens with zero attached hydrogens (tertiary/aromatic N) is 1. The van der Waals surface area contributed by atoms with Gasteiger partial charge in [-0.2, -0.15) is 0 Å². The molecule has 100 valence electrons. The number of aromatic amines is 1. The molecule has 0 saturated carbocycles. The van der Waals surface area contributed by atoms with E-state index in [9.17, 15) is 4.79 Å². The zero-order valence-electron chi connectivity index (χ0n) is 11.6. The maximum Gasteiger partial charge on any atom is 0.251 e. The lowest BCUT2D eigenvalue weighted by Crippen LogP contribution is -2.26. The lowest BCUT2D eigenvalue weighted by atomic mass is 10.0. The molecule has 2 rings (SSSR count). The van der Waals surface area contributed by atoms with E-state index in [0.29, 0.717) is 13.0 Å². The lowest BCUT2D eigenvalue weighted by molar-refractivity contribution is 0.0953. The SMILES string of the molecule is Cc1cc(C)c(C(=O)NCCc2ncc[nH]2)cc1C. The molecule has 0 aliphatic heterocycles. The zero-order chi connectivity index (χ0) is 13.8. The molecular formula is C15H19N3O. The van der Waals surface area contributed by atoms with Gasteiger partial charge in [0.05, 0.1) is 0 Å². The van der Waals surface area contributed by atoms with Crippen LogP contribution in [0.25, 0.3) is 0 Å². The maximum atomic E-state index is 12.1. The summed E-state index contributed by atoms with van der Waals surface area (Å²) >= 11 is 0. The molecule has 0 aliphatic carbocycles. The van der Waals surface area contributed by atoms with Crippen molar-refractivity contribution in [2.75, 3.05) is 6.54 Å². The summed E-state index contributed by atoms with van der Waals surface area (Å²) in [6.07, 6.45) is 4.21. The molecule has 1 amide bonds. The fourth-order valence-corrected chi connectivity index (χ4v) is 2.03. The highest BCUT2D eigenvalue weighted by molar-refractivity contribution is 5.95. The molecule has 2 N–H and O–H groups in total. The number of hydrogen-bond acceptors (Lipinski definition) is 2. The van der Waals surface area contributed by atoms with E-state index in [1.165, 1.54) is 5.56 Å². The van der Waals surface area contributed by atoms with Gasteiger partial charge < -0.3 is 10.3 Å². The van der Waals surface area contributed by atoms with Gasteiger partial charge in [0, 0.05) is 30.9 Å². The Morgan fingerprint density at radius 2 is 1.95 bits per heavy atom. The van der Waals surface area contributed by atoms with Gasteiger partial charge in [0.25, 0.3) is 5.91 Å². The van der Waals surface area contributed by atoms with Crippen LogP contribution in [0.4, 0.5) is 0 Å². The molecule has 0 unspecified atom stereocenters. The number of benzene rings is 1. The molecule has 0 bridgehead atoms. The molecule has 0 fully saturated rings. The van der Waals surface area contributed by atoms with Crippen molar-refractivity contribution in [3.05, 3.63) is 52.6 Å². The van der Waals surface area contributed by atoms with Gasteiger partial charge >= 0.3 is 0 Å². The van der Waals surface area contributed by atoms with Crippen molar-refractivity contribution >= 4 is 5.91 Å². The Morgan fingerprint density at radius 1 is 1.21 bits per heavy atom. The van der Waals surface area contributed by atoms with Crippen LogP contribution < -0.4 is 5.32 Å². The molecule has 0 aliphatic rings. The first kappa shape index (κ1) is 13.3. The van der Waals surface area contributed by atoms with Crippen LogP contribution in [0.5, 0.6) is 0 Å². The highest BCUT2D eigenvalue weighted by Gasteiger charge is 2.10. The van der Waals surface area contributed by atoms with Crippen molar-refractivity contribution in [1.29, 1.82) is 0 Å². The van der Waals surface area contributed by atoms with Crippen LogP contribution in [0.2, 0.25) is 0 Å². The van der Waals surface area contributed by atoms with E-state index < -0.39 is 0 Å². The second-order valence-corrected chi connectivity index (χ2v) is 4.79. The quantitative estimate of drug-likeness (QED) is 0.883. The first-order chi connectivity index (χ1) is 9.08. The summed E-state index contributed by atoms with van der Waals surface area (Å²) in [5.74, 6) is 0.865. The van der Waals surface area contributed by atoms with Gasteiger partial charge in [-0.15, -0.1) is 0 Å². The molecule has 0 saturated heterocycles. The van der Waals surface area contributed by atoms with Crippen LogP contribution in [0.3, 0.4) is 0 Å². The number of aromatic nitrogens is 2. The molecule has 4 nitrogen and oxygen atoms in total. The maximum absolute atomic E-state index is 12.1. The first-order valence-electron chi connectivity index (χ1n) is 6.42. The third kappa shape index (κ3) is 3.22. The Hall–Kier alpha value is -2.10. The number of rotatable bonds is 4. The summed E-state index contributed by atoms with van der Waals surface area (Å²) in [6, 6.07) is 4.00. The summed E-state index contributed by atoms with van der Waals surface area (Å²) in [4.78, 5) is 19.3. The number of carbonyl (C=O) groups excluding carboxylic acids is 1. The Morgan fingerprint density at radius 3 is 2.63 bits per heavy atom.